The van der Waals surface area contributed by atoms with Crippen LogP contribution in [0.3, 0.4) is 0 Å². The highest BCUT2D eigenvalue weighted by Gasteiger charge is 1.96. The van der Waals surface area contributed by atoms with Crippen molar-refractivity contribution in [3.05, 3.63) is 0 Å². The van der Waals surface area contributed by atoms with Gasteiger partial charge in [-0.15, -0.1) is 0 Å². The highest BCUT2D eigenvalue weighted by molar-refractivity contribution is 5.75. The van der Waals surface area contributed by atoms with E-state index in [4.69, 9.17) is 0 Å². The molecule has 0 rings (SSSR count). The van der Waals surface area contributed by atoms with Crippen molar-refractivity contribution < 1.29 is 0 Å². The quantitative estimate of drug-likeness (QED) is 0.101. The zero-order chi connectivity index (χ0) is 20.4. The second kappa shape index (κ2) is 30.4. The third-order valence-electron chi connectivity index (χ3n) is 6.46. The Balaban J connectivity index is 0. The molecule has 1 heteroatoms. The summed E-state index contributed by atoms with van der Waals surface area (Å²) in [6.45, 7) is 4.61. The molecular weight excluding hydrogens is 364 g/mol. The Morgan fingerprint density at radius 1 is 0.207 bits per heavy atom. The van der Waals surface area contributed by atoms with Gasteiger partial charge in [0.2, 0.25) is 0 Å². The molecule has 0 aliphatic heterocycles. The van der Waals surface area contributed by atoms with Crippen LogP contribution in [0.1, 0.15) is 181 Å². The minimum absolute atomic E-state index is 0. The first-order valence-corrected chi connectivity index (χ1v) is 13.9. The van der Waals surface area contributed by atoms with Gasteiger partial charge in [0.15, 0.2) is 0 Å². The fourth-order valence-corrected chi connectivity index (χ4v) is 4.39. The smallest absolute Gasteiger partial charge is 0.0149 e. The highest BCUT2D eigenvalue weighted by atomic mass is 28.1. The first-order valence-electron chi connectivity index (χ1n) is 13.9. The maximum atomic E-state index is 2.30. The molecule has 0 aliphatic rings. The summed E-state index contributed by atoms with van der Waals surface area (Å²) in [6.07, 6.45) is 38.4. The molecule has 0 unspecified atom stereocenters. The van der Waals surface area contributed by atoms with Crippen molar-refractivity contribution in [1.29, 1.82) is 0 Å². The van der Waals surface area contributed by atoms with Crippen LogP contribution < -0.4 is 0 Å². The number of hydrogen-bond acceptors (Lipinski definition) is 0. The van der Waals surface area contributed by atoms with Gasteiger partial charge in [-0.25, -0.2) is 0 Å². The molecule has 0 N–H and O–H groups in total. The Labute approximate surface area is 191 Å². The van der Waals surface area contributed by atoms with E-state index in [9.17, 15) is 0 Å². The normalized spacial score (nSPS) is 11.0. The average molecular weight is 427 g/mol. The molecule has 29 heavy (non-hydrogen) atoms. The summed E-state index contributed by atoms with van der Waals surface area (Å²) in [5, 5.41) is 0. The monoisotopic (exact) mass is 426 g/mol. The Morgan fingerprint density at radius 2 is 0.310 bits per heavy atom. The molecule has 0 aliphatic carbocycles. The Bertz CT molecular complexity index is 225. The molecule has 0 nitrogen and oxygen atoms in total. The number of rotatable bonds is 25. The molecule has 0 fully saturated rings. The third-order valence-corrected chi connectivity index (χ3v) is 6.46. The zero-order valence-corrected chi connectivity index (χ0v) is 20.4. The minimum Gasteiger partial charge on any atom is -0.0654 e. The van der Waals surface area contributed by atoms with Gasteiger partial charge in [0.1, 0.15) is 0 Å². The Morgan fingerprint density at radius 3 is 0.414 bits per heavy atom. The number of unbranched alkanes of at least 4 members (excludes halogenated alkanes) is 25. The maximum absolute atomic E-state index is 2.30. The van der Waals surface area contributed by atoms with Crippen molar-refractivity contribution >= 4 is 11.0 Å². The standard InChI is InChI=1S/C28H58.H4Si/c1-3-5-7-9-11-13-15-17-19-21-23-25-27-28-26-24-22-20-18-16-14-12-10-8-6-4-2;/h3-28H2,1-2H3;1H4. The van der Waals surface area contributed by atoms with Crippen LogP contribution in [0.2, 0.25) is 0 Å². The van der Waals surface area contributed by atoms with Crippen molar-refractivity contribution in [2.24, 2.45) is 0 Å². The van der Waals surface area contributed by atoms with Gasteiger partial charge in [-0.05, 0) is 11.0 Å². The van der Waals surface area contributed by atoms with Crippen LogP contribution in [0.5, 0.6) is 0 Å². The van der Waals surface area contributed by atoms with Gasteiger partial charge >= 0.3 is 0 Å². The predicted molar refractivity (Wildman–Crippen MR) is 143 cm³/mol. The van der Waals surface area contributed by atoms with Gasteiger partial charge in [0, 0.05) is 0 Å². The van der Waals surface area contributed by atoms with Crippen LogP contribution in [0.15, 0.2) is 0 Å². The van der Waals surface area contributed by atoms with E-state index in [1.54, 1.807) is 0 Å². The first-order chi connectivity index (χ1) is 13.9. The second-order valence-electron chi connectivity index (χ2n) is 9.49. The van der Waals surface area contributed by atoms with Gasteiger partial charge in [-0.1, -0.05) is 181 Å². The maximum Gasteiger partial charge on any atom is -0.0149 e. The van der Waals surface area contributed by atoms with E-state index in [2.05, 4.69) is 13.8 Å². The minimum atomic E-state index is 0. The van der Waals surface area contributed by atoms with Crippen LogP contribution in [0, 0.1) is 0 Å². The molecule has 0 aromatic rings. The first kappa shape index (κ1) is 31.4. The molecule has 0 radical (unpaired) electrons. The molecule has 178 valence electrons. The SMILES string of the molecule is CCCCCCCCCCCCCCCCCCCCCCCCCCCC.[SiH4]. The lowest BCUT2D eigenvalue weighted by molar-refractivity contribution is 0.516. The lowest BCUT2D eigenvalue weighted by atomic mass is 10.0. The summed E-state index contributed by atoms with van der Waals surface area (Å²) < 4.78 is 0. The third kappa shape index (κ3) is 30.5. The lowest BCUT2D eigenvalue weighted by Crippen LogP contribution is -1.84. The molecule has 0 heterocycles. The van der Waals surface area contributed by atoms with Crippen LogP contribution >= 0.6 is 0 Å². The zero-order valence-electron chi connectivity index (χ0n) is 20.4. The molecule has 0 aromatic carbocycles. The molecule has 0 spiro atoms. The predicted octanol–water partition coefficient (Wildman–Crippen LogP) is 9.72. The van der Waals surface area contributed by atoms with E-state index in [1.165, 1.54) is 167 Å². The fraction of sp³-hybridized carbons (Fsp3) is 1.00. The Kier molecular flexibility index (Phi) is 32.9. The van der Waals surface area contributed by atoms with E-state index >= 15 is 0 Å². The second-order valence-corrected chi connectivity index (χ2v) is 9.49. The summed E-state index contributed by atoms with van der Waals surface area (Å²) in [7, 11) is 0. The highest BCUT2D eigenvalue weighted by Crippen LogP contribution is 2.15. The summed E-state index contributed by atoms with van der Waals surface area (Å²) in [6, 6.07) is 0. The van der Waals surface area contributed by atoms with E-state index in [-0.39, 0.29) is 11.0 Å². The molecule has 0 saturated carbocycles. The average Bonchev–Trinajstić information content (AvgIpc) is 2.71. The van der Waals surface area contributed by atoms with Crippen LogP contribution in [-0.4, -0.2) is 11.0 Å². The van der Waals surface area contributed by atoms with Crippen LogP contribution in [0.4, 0.5) is 0 Å². The van der Waals surface area contributed by atoms with Gasteiger partial charge in [-0.3, -0.25) is 0 Å². The lowest BCUT2D eigenvalue weighted by Gasteiger charge is -2.04. The van der Waals surface area contributed by atoms with E-state index < -0.39 is 0 Å². The molecular formula is C28H62Si. The van der Waals surface area contributed by atoms with Crippen molar-refractivity contribution in [2.75, 3.05) is 0 Å². The van der Waals surface area contributed by atoms with Crippen molar-refractivity contribution in [1.82, 2.24) is 0 Å². The summed E-state index contributed by atoms with van der Waals surface area (Å²) in [5.41, 5.74) is 0. The van der Waals surface area contributed by atoms with Crippen molar-refractivity contribution in [3.63, 3.8) is 0 Å². The van der Waals surface area contributed by atoms with E-state index in [0.29, 0.717) is 0 Å². The summed E-state index contributed by atoms with van der Waals surface area (Å²) >= 11 is 0. The van der Waals surface area contributed by atoms with Crippen molar-refractivity contribution in [2.45, 2.75) is 181 Å². The van der Waals surface area contributed by atoms with Gasteiger partial charge in [0.05, 0.1) is 0 Å². The Hall–Kier alpha value is 0.217. The molecule has 0 atom stereocenters. The summed E-state index contributed by atoms with van der Waals surface area (Å²) in [5.74, 6) is 0. The van der Waals surface area contributed by atoms with Crippen molar-refractivity contribution in [3.8, 4) is 0 Å². The topological polar surface area (TPSA) is 0 Å². The molecule has 0 amide bonds. The number of hydrogen-bond donors (Lipinski definition) is 0. The van der Waals surface area contributed by atoms with Crippen LogP contribution in [0.25, 0.3) is 0 Å². The van der Waals surface area contributed by atoms with Gasteiger partial charge < -0.3 is 0 Å². The van der Waals surface area contributed by atoms with E-state index in [1.807, 2.05) is 0 Å². The summed E-state index contributed by atoms with van der Waals surface area (Å²) in [4.78, 5) is 0. The van der Waals surface area contributed by atoms with Gasteiger partial charge in [0.25, 0.3) is 0 Å². The fourth-order valence-electron chi connectivity index (χ4n) is 4.39. The molecule has 0 bridgehead atoms. The largest absolute Gasteiger partial charge is 0.0654 e. The van der Waals surface area contributed by atoms with E-state index in [0.717, 1.165) is 0 Å². The van der Waals surface area contributed by atoms with Gasteiger partial charge in [-0.2, -0.15) is 0 Å². The van der Waals surface area contributed by atoms with Crippen LogP contribution in [-0.2, 0) is 0 Å². The molecule has 0 saturated heterocycles. The molecule has 0 aromatic heterocycles.